The molecule has 0 fully saturated rings. The summed E-state index contributed by atoms with van der Waals surface area (Å²) in [6, 6.07) is 3.73. The SMILES string of the molecule is CCCCOC(=O)COc1c(Br)cc(CN)cc1Br. The molecule has 0 spiro atoms. The second-order valence-electron chi connectivity index (χ2n) is 3.96. The van der Waals surface area contributed by atoms with Crippen LogP contribution in [0.4, 0.5) is 0 Å². The van der Waals surface area contributed by atoms with Gasteiger partial charge in [0, 0.05) is 6.54 Å². The van der Waals surface area contributed by atoms with Gasteiger partial charge in [0.05, 0.1) is 15.6 Å². The van der Waals surface area contributed by atoms with Gasteiger partial charge in [0.1, 0.15) is 5.75 Å². The van der Waals surface area contributed by atoms with Crippen molar-refractivity contribution in [2.24, 2.45) is 5.73 Å². The zero-order chi connectivity index (χ0) is 14.3. The second kappa shape index (κ2) is 8.55. The third-order valence-corrected chi connectivity index (χ3v) is 3.57. The third kappa shape index (κ3) is 5.50. The first kappa shape index (κ1) is 16.5. The van der Waals surface area contributed by atoms with Crippen LogP contribution in [0.25, 0.3) is 0 Å². The van der Waals surface area contributed by atoms with Crippen LogP contribution >= 0.6 is 31.9 Å². The van der Waals surface area contributed by atoms with Crippen molar-refractivity contribution >= 4 is 37.8 Å². The first-order valence-corrected chi connectivity index (χ1v) is 7.63. The van der Waals surface area contributed by atoms with Crippen LogP contribution in [0.3, 0.4) is 0 Å². The van der Waals surface area contributed by atoms with E-state index in [1.807, 2.05) is 19.1 Å². The normalized spacial score (nSPS) is 10.3. The molecule has 0 heterocycles. The monoisotopic (exact) mass is 393 g/mol. The van der Waals surface area contributed by atoms with E-state index < -0.39 is 0 Å². The average molecular weight is 395 g/mol. The quantitative estimate of drug-likeness (QED) is 0.568. The summed E-state index contributed by atoms with van der Waals surface area (Å²) in [7, 11) is 0. The Morgan fingerprint density at radius 2 is 1.95 bits per heavy atom. The van der Waals surface area contributed by atoms with Crippen LogP contribution in [0.15, 0.2) is 21.1 Å². The molecule has 1 aromatic carbocycles. The highest BCUT2D eigenvalue weighted by molar-refractivity contribution is 9.11. The van der Waals surface area contributed by atoms with Gasteiger partial charge < -0.3 is 15.2 Å². The Morgan fingerprint density at radius 3 is 2.47 bits per heavy atom. The van der Waals surface area contributed by atoms with Gasteiger partial charge >= 0.3 is 5.97 Å². The van der Waals surface area contributed by atoms with Crippen molar-refractivity contribution in [2.75, 3.05) is 13.2 Å². The summed E-state index contributed by atoms with van der Waals surface area (Å²) in [5.41, 5.74) is 6.54. The van der Waals surface area contributed by atoms with Crippen molar-refractivity contribution in [3.05, 3.63) is 26.6 Å². The summed E-state index contributed by atoms with van der Waals surface area (Å²) >= 11 is 6.78. The zero-order valence-corrected chi connectivity index (χ0v) is 13.9. The Labute approximate surface area is 129 Å². The molecule has 1 aromatic rings. The summed E-state index contributed by atoms with van der Waals surface area (Å²) in [5.74, 6) is 0.208. The van der Waals surface area contributed by atoms with E-state index in [9.17, 15) is 4.79 Å². The first-order chi connectivity index (χ1) is 9.08. The minimum Gasteiger partial charge on any atom is -0.480 e. The number of hydrogen-bond acceptors (Lipinski definition) is 4. The molecule has 0 unspecified atom stereocenters. The number of unbranched alkanes of at least 4 members (excludes halogenated alkanes) is 1. The summed E-state index contributed by atoms with van der Waals surface area (Å²) in [6.45, 7) is 2.81. The van der Waals surface area contributed by atoms with Crippen molar-refractivity contribution in [3.8, 4) is 5.75 Å². The van der Waals surface area contributed by atoms with Gasteiger partial charge in [-0.25, -0.2) is 4.79 Å². The first-order valence-electron chi connectivity index (χ1n) is 6.04. The molecule has 4 nitrogen and oxygen atoms in total. The Bertz CT molecular complexity index is 415. The number of ether oxygens (including phenoxy) is 2. The van der Waals surface area contributed by atoms with Crippen molar-refractivity contribution in [1.82, 2.24) is 0 Å². The number of esters is 1. The molecule has 0 atom stereocenters. The van der Waals surface area contributed by atoms with Gasteiger partial charge in [0.25, 0.3) is 0 Å². The molecule has 0 bridgehead atoms. The van der Waals surface area contributed by atoms with Gasteiger partial charge in [-0.15, -0.1) is 0 Å². The van der Waals surface area contributed by atoms with E-state index >= 15 is 0 Å². The molecule has 0 aliphatic carbocycles. The van der Waals surface area contributed by atoms with Gasteiger partial charge in [-0.3, -0.25) is 0 Å². The Morgan fingerprint density at radius 1 is 1.32 bits per heavy atom. The smallest absolute Gasteiger partial charge is 0.344 e. The Kier molecular flexibility index (Phi) is 7.41. The second-order valence-corrected chi connectivity index (χ2v) is 5.66. The van der Waals surface area contributed by atoms with Crippen LogP contribution in [0.2, 0.25) is 0 Å². The van der Waals surface area contributed by atoms with Gasteiger partial charge in [0.15, 0.2) is 6.61 Å². The van der Waals surface area contributed by atoms with Gasteiger partial charge in [0.2, 0.25) is 0 Å². The van der Waals surface area contributed by atoms with E-state index in [1.165, 1.54) is 0 Å². The molecule has 0 aliphatic heterocycles. The number of hydrogen-bond donors (Lipinski definition) is 1. The van der Waals surface area contributed by atoms with E-state index in [2.05, 4.69) is 31.9 Å². The van der Waals surface area contributed by atoms with Crippen molar-refractivity contribution in [3.63, 3.8) is 0 Å². The fraction of sp³-hybridized carbons (Fsp3) is 0.462. The molecular weight excluding hydrogens is 378 g/mol. The molecule has 0 radical (unpaired) electrons. The molecule has 2 N–H and O–H groups in total. The highest BCUT2D eigenvalue weighted by Crippen LogP contribution is 2.34. The van der Waals surface area contributed by atoms with Gasteiger partial charge in [-0.1, -0.05) is 13.3 Å². The fourth-order valence-corrected chi connectivity index (χ4v) is 2.88. The van der Waals surface area contributed by atoms with Crippen LogP contribution in [-0.4, -0.2) is 19.2 Å². The maximum absolute atomic E-state index is 11.4. The molecule has 0 amide bonds. The summed E-state index contributed by atoms with van der Waals surface area (Å²) in [5, 5.41) is 0. The molecule has 0 saturated carbocycles. The van der Waals surface area contributed by atoms with Crippen molar-refractivity contribution in [1.29, 1.82) is 0 Å². The van der Waals surface area contributed by atoms with Crippen LogP contribution in [-0.2, 0) is 16.1 Å². The fourth-order valence-electron chi connectivity index (χ4n) is 1.37. The average Bonchev–Trinajstić information content (AvgIpc) is 2.37. The molecule has 0 aromatic heterocycles. The minimum absolute atomic E-state index is 0.108. The summed E-state index contributed by atoms with van der Waals surface area (Å²) < 4.78 is 12.0. The molecule has 6 heteroatoms. The number of rotatable bonds is 7. The van der Waals surface area contributed by atoms with Crippen LogP contribution in [0.1, 0.15) is 25.3 Å². The number of nitrogens with two attached hydrogens (primary N) is 1. The summed E-state index contributed by atoms with van der Waals surface area (Å²) in [4.78, 5) is 11.4. The lowest BCUT2D eigenvalue weighted by Crippen LogP contribution is -2.16. The maximum Gasteiger partial charge on any atom is 0.344 e. The number of carbonyl (C=O) groups excluding carboxylic acids is 1. The molecule has 19 heavy (non-hydrogen) atoms. The van der Waals surface area contributed by atoms with Gasteiger partial charge in [-0.05, 0) is 56.0 Å². The maximum atomic E-state index is 11.4. The highest BCUT2D eigenvalue weighted by atomic mass is 79.9. The van der Waals surface area contributed by atoms with E-state index in [-0.39, 0.29) is 12.6 Å². The van der Waals surface area contributed by atoms with Crippen LogP contribution in [0, 0.1) is 0 Å². The van der Waals surface area contributed by atoms with Crippen molar-refractivity contribution in [2.45, 2.75) is 26.3 Å². The lowest BCUT2D eigenvalue weighted by atomic mass is 10.2. The Balaban J connectivity index is 2.55. The number of carbonyl (C=O) groups is 1. The Hall–Kier alpha value is -0.590. The van der Waals surface area contributed by atoms with E-state index in [0.717, 1.165) is 27.4 Å². The predicted octanol–water partition coefficient (Wildman–Crippen LogP) is 3.39. The topological polar surface area (TPSA) is 61.5 Å². The minimum atomic E-state index is -0.366. The number of benzene rings is 1. The lowest BCUT2D eigenvalue weighted by Gasteiger charge is -2.11. The third-order valence-electron chi connectivity index (χ3n) is 2.39. The molecule has 1 rings (SSSR count). The van der Waals surface area contributed by atoms with Crippen LogP contribution in [0.5, 0.6) is 5.75 Å². The van der Waals surface area contributed by atoms with E-state index in [0.29, 0.717) is 18.9 Å². The standard InChI is InChI=1S/C13H17Br2NO3/c1-2-3-4-18-12(17)8-19-13-10(14)5-9(7-16)6-11(13)15/h5-6H,2-4,7-8,16H2,1H3. The molecule has 0 saturated heterocycles. The highest BCUT2D eigenvalue weighted by Gasteiger charge is 2.11. The zero-order valence-electron chi connectivity index (χ0n) is 10.7. The largest absolute Gasteiger partial charge is 0.480 e. The van der Waals surface area contributed by atoms with Crippen molar-refractivity contribution < 1.29 is 14.3 Å². The van der Waals surface area contributed by atoms with E-state index in [4.69, 9.17) is 15.2 Å². The summed E-state index contributed by atoms with van der Waals surface area (Å²) in [6.07, 6.45) is 1.86. The van der Waals surface area contributed by atoms with Crippen LogP contribution < -0.4 is 10.5 Å². The lowest BCUT2D eigenvalue weighted by molar-refractivity contribution is -0.146. The van der Waals surface area contributed by atoms with Gasteiger partial charge in [-0.2, -0.15) is 0 Å². The number of halogens is 2. The predicted molar refractivity (Wildman–Crippen MR) is 81.1 cm³/mol. The molecule has 0 aliphatic rings. The van der Waals surface area contributed by atoms with E-state index in [1.54, 1.807) is 0 Å². The molecular formula is C13H17Br2NO3. The molecule has 106 valence electrons.